The Morgan fingerprint density at radius 1 is 1.29 bits per heavy atom. The van der Waals surface area contributed by atoms with Crippen molar-refractivity contribution < 1.29 is 33.9 Å². The van der Waals surface area contributed by atoms with Crippen LogP contribution in [-0.2, 0) is 24.0 Å². The van der Waals surface area contributed by atoms with E-state index in [4.69, 9.17) is 5.11 Å². The average Bonchev–Trinajstić information content (AvgIpc) is 3.39. The summed E-state index contributed by atoms with van der Waals surface area (Å²) in [5.74, 6) is -3.60. The Hall–Kier alpha value is -3.58. The molecule has 4 heterocycles. The molecule has 3 atom stereocenters. The Kier molecular flexibility index (Phi) is 6.75. The first-order valence-corrected chi connectivity index (χ1v) is 12.0. The van der Waals surface area contributed by atoms with Crippen LogP contribution < -0.4 is 10.6 Å². The average molecular weight is 505 g/mol. The second-order valence-corrected chi connectivity index (χ2v) is 9.97. The fourth-order valence-corrected chi connectivity index (χ4v) is 5.81. The van der Waals surface area contributed by atoms with E-state index in [1.165, 1.54) is 34.9 Å². The van der Waals surface area contributed by atoms with E-state index in [-0.39, 0.29) is 19.3 Å². The monoisotopic (exact) mass is 504 g/mol. The zero-order valence-corrected chi connectivity index (χ0v) is 19.3. The van der Waals surface area contributed by atoms with Crippen LogP contribution in [0.1, 0.15) is 35.4 Å². The van der Waals surface area contributed by atoms with Crippen molar-refractivity contribution in [3.63, 3.8) is 0 Å². The van der Waals surface area contributed by atoms with Crippen molar-refractivity contribution in [2.45, 2.75) is 43.8 Å². The molecule has 11 nitrogen and oxygen atoms in total. The van der Waals surface area contributed by atoms with E-state index in [0.29, 0.717) is 11.2 Å². The van der Waals surface area contributed by atoms with E-state index in [2.05, 4.69) is 10.6 Å². The topological polar surface area (TPSA) is 153 Å². The van der Waals surface area contributed by atoms with Gasteiger partial charge in [-0.05, 0) is 30.4 Å². The zero-order chi connectivity index (χ0) is 24.4. The number of carboxylic acids is 1. The summed E-state index contributed by atoms with van der Waals surface area (Å²) in [5.41, 5.74) is 0. The standard InChI is InChI=1S/C21H20N4O7S2/c26-10-12(9-17(28)29)22-18(30)14-2-1-6-24-16(27)4-3-13(20(32)25(14)24)23-19(31)15-8-11-5-7-33-21(11)34-15/h1,5-8,10,12-14H,2-4,9H2,(H,22,30)(H,23,31)(H,28,29)/t12-,13-,14-/m0/s1. The summed E-state index contributed by atoms with van der Waals surface area (Å²) < 4.78 is 0.975. The molecule has 0 saturated carbocycles. The van der Waals surface area contributed by atoms with Crippen molar-refractivity contribution in [3.8, 4) is 0 Å². The Morgan fingerprint density at radius 3 is 2.79 bits per heavy atom. The molecule has 2 aliphatic heterocycles. The second kappa shape index (κ2) is 9.73. The number of hydrogen-bond acceptors (Lipinski definition) is 8. The lowest BCUT2D eigenvalue weighted by Gasteiger charge is -2.39. The lowest BCUT2D eigenvalue weighted by molar-refractivity contribution is -0.166. The molecule has 178 valence electrons. The fourth-order valence-electron chi connectivity index (χ4n) is 3.80. The van der Waals surface area contributed by atoms with Gasteiger partial charge in [0.25, 0.3) is 11.8 Å². The van der Waals surface area contributed by atoms with Gasteiger partial charge in [0.15, 0.2) is 0 Å². The third-order valence-corrected chi connectivity index (χ3v) is 7.63. The number of amides is 4. The van der Waals surface area contributed by atoms with Crippen LogP contribution >= 0.6 is 22.7 Å². The fraction of sp³-hybridized carbons (Fsp3) is 0.333. The molecule has 2 aliphatic rings. The summed E-state index contributed by atoms with van der Waals surface area (Å²) in [6.45, 7) is 0. The molecule has 13 heteroatoms. The van der Waals surface area contributed by atoms with Crippen molar-refractivity contribution in [1.82, 2.24) is 20.7 Å². The highest BCUT2D eigenvalue weighted by Crippen LogP contribution is 2.31. The molecule has 0 radical (unpaired) electrons. The van der Waals surface area contributed by atoms with Crippen LogP contribution in [0.25, 0.3) is 9.40 Å². The van der Waals surface area contributed by atoms with Crippen LogP contribution in [0.4, 0.5) is 0 Å². The molecule has 3 N–H and O–H groups in total. The highest BCUT2D eigenvalue weighted by molar-refractivity contribution is 7.38. The van der Waals surface area contributed by atoms with Gasteiger partial charge in [-0.25, -0.2) is 10.0 Å². The number of aliphatic carboxylic acids is 1. The second-order valence-electron chi connectivity index (χ2n) is 7.75. The molecule has 0 aromatic carbocycles. The maximum atomic E-state index is 13.4. The van der Waals surface area contributed by atoms with Crippen LogP contribution in [0.15, 0.2) is 29.8 Å². The molecule has 4 amide bonds. The largest absolute Gasteiger partial charge is 0.481 e. The van der Waals surface area contributed by atoms with Gasteiger partial charge in [-0.15, -0.1) is 22.7 Å². The number of hydrogen-bond donors (Lipinski definition) is 3. The van der Waals surface area contributed by atoms with Crippen molar-refractivity contribution in [3.05, 3.63) is 34.7 Å². The van der Waals surface area contributed by atoms with Gasteiger partial charge in [0.2, 0.25) is 11.8 Å². The first kappa shape index (κ1) is 23.6. The third kappa shape index (κ3) is 4.70. The van der Waals surface area contributed by atoms with Gasteiger partial charge < -0.3 is 20.5 Å². The van der Waals surface area contributed by atoms with E-state index in [9.17, 15) is 28.8 Å². The van der Waals surface area contributed by atoms with Crippen LogP contribution in [0, 0.1) is 0 Å². The number of thiophene rings is 2. The van der Waals surface area contributed by atoms with Crippen LogP contribution in [0.2, 0.25) is 0 Å². The summed E-state index contributed by atoms with van der Waals surface area (Å²) in [6, 6.07) is 0.0876. The molecular weight excluding hydrogens is 484 g/mol. The van der Waals surface area contributed by atoms with Gasteiger partial charge in [-0.3, -0.25) is 24.0 Å². The summed E-state index contributed by atoms with van der Waals surface area (Å²) in [5, 5.41) is 18.8. The van der Waals surface area contributed by atoms with Crippen LogP contribution in [-0.4, -0.2) is 69.1 Å². The Labute approximate surface area is 201 Å². The lowest BCUT2D eigenvalue weighted by atomic mass is 10.1. The number of carboxylic acid groups (broad SMARTS) is 1. The van der Waals surface area contributed by atoms with Crippen molar-refractivity contribution in [1.29, 1.82) is 0 Å². The van der Waals surface area contributed by atoms with Gasteiger partial charge >= 0.3 is 5.97 Å². The maximum absolute atomic E-state index is 13.4. The van der Waals surface area contributed by atoms with Crippen LogP contribution in [0.5, 0.6) is 0 Å². The third-order valence-electron chi connectivity index (χ3n) is 5.43. The summed E-state index contributed by atoms with van der Waals surface area (Å²) in [4.78, 5) is 74.3. The van der Waals surface area contributed by atoms with Gasteiger partial charge in [0.05, 0.1) is 21.4 Å². The first-order valence-electron chi connectivity index (χ1n) is 10.4. The predicted molar refractivity (Wildman–Crippen MR) is 122 cm³/mol. The number of carbonyl (C=O) groups excluding carboxylic acids is 5. The van der Waals surface area contributed by atoms with Crippen molar-refractivity contribution >= 4 is 68.0 Å². The molecule has 2 aromatic heterocycles. The summed E-state index contributed by atoms with van der Waals surface area (Å²) >= 11 is 2.80. The van der Waals surface area contributed by atoms with E-state index in [1.807, 2.05) is 11.4 Å². The zero-order valence-electron chi connectivity index (χ0n) is 17.6. The Morgan fingerprint density at radius 2 is 2.09 bits per heavy atom. The van der Waals surface area contributed by atoms with E-state index in [1.54, 1.807) is 6.07 Å². The lowest BCUT2D eigenvalue weighted by Crippen LogP contribution is -2.61. The summed E-state index contributed by atoms with van der Waals surface area (Å²) in [7, 11) is 0. The van der Waals surface area contributed by atoms with E-state index >= 15 is 0 Å². The number of rotatable bonds is 7. The minimum Gasteiger partial charge on any atom is -0.481 e. The number of fused-ring (bicyclic) bond motifs is 2. The van der Waals surface area contributed by atoms with Crippen molar-refractivity contribution in [2.24, 2.45) is 0 Å². The Balaban J connectivity index is 1.54. The molecule has 0 bridgehead atoms. The molecule has 0 aliphatic carbocycles. The van der Waals surface area contributed by atoms with Gasteiger partial charge in [-0.1, -0.05) is 6.08 Å². The summed E-state index contributed by atoms with van der Waals surface area (Å²) in [6.07, 6.45) is 2.65. The molecule has 1 fully saturated rings. The molecule has 0 spiro atoms. The predicted octanol–water partition coefficient (Wildman–Crippen LogP) is 0.872. The van der Waals surface area contributed by atoms with Gasteiger partial charge in [0, 0.05) is 18.0 Å². The quantitative estimate of drug-likeness (QED) is 0.473. The molecular formula is C21H20N4O7S2. The number of aldehydes is 1. The number of nitrogens with zero attached hydrogens (tertiary/aromatic N) is 2. The molecule has 4 rings (SSSR count). The maximum Gasteiger partial charge on any atom is 0.305 e. The van der Waals surface area contributed by atoms with Gasteiger partial charge in [0.1, 0.15) is 18.4 Å². The number of carbonyl (C=O) groups is 6. The van der Waals surface area contributed by atoms with E-state index < -0.39 is 54.1 Å². The Bertz CT molecular complexity index is 1170. The molecule has 1 saturated heterocycles. The SMILES string of the molecule is O=C[C@H](CC(=O)O)NC(=O)[C@@H]1CC=CN2C(=O)CC[C@H](NC(=O)c3cc4ccsc4s3)C(=O)N12. The minimum absolute atomic E-state index is 0.0403. The van der Waals surface area contributed by atoms with Gasteiger partial charge in [-0.2, -0.15) is 0 Å². The number of hydrazine groups is 1. The molecule has 34 heavy (non-hydrogen) atoms. The van der Waals surface area contributed by atoms with E-state index in [0.717, 1.165) is 19.4 Å². The normalized spacial score (nSPS) is 21.1. The first-order chi connectivity index (χ1) is 16.3. The highest BCUT2D eigenvalue weighted by Gasteiger charge is 2.43. The highest BCUT2D eigenvalue weighted by atomic mass is 32.2. The molecule has 2 aromatic rings. The molecule has 0 unspecified atom stereocenters. The van der Waals surface area contributed by atoms with Crippen LogP contribution in [0.3, 0.4) is 0 Å². The van der Waals surface area contributed by atoms with Crippen molar-refractivity contribution in [2.75, 3.05) is 0 Å². The minimum atomic E-state index is -1.29. The smallest absolute Gasteiger partial charge is 0.305 e. The number of nitrogens with one attached hydrogen (secondary N) is 2.